The lowest BCUT2D eigenvalue weighted by Gasteiger charge is -2.12. The van der Waals surface area contributed by atoms with Crippen molar-refractivity contribution in [1.29, 1.82) is 0 Å². The molecule has 0 aromatic heterocycles. The van der Waals surface area contributed by atoms with Gasteiger partial charge in [0.1, 0.15) is 0 Å². The molecule has 1 fully saturated rings. The molecule has 1 atom stereocenters. The molecule has 0 bridgehead atoms. The minimum Gasteiger partial charge on any atom is -0.326 e. The number of hydrogen-bond donors (Lipinski definition) is 3. The molecule has 2 rings (SSSR count). The van der Waals surface area contributed by atoms with Gasteiger partial charge in [0.15, 0.2) is 0 Å². The second kappa shape index (κ2) is 6.55. The van der Waals surface area contributed by atoms with Crippen molar-refractivity contribution in [2.45, 2.75) is 30.7 Å². The van der Waals surface area contributed by atoms with Gasteiger partial charge in [0, 0.05) is 24.2 Å². The lowest BCUT2D eigenvalue weighted by atomic mass is 10.1. The highest BCUT2D eigenvalue weighted by atomic mass is 32.2. The highest BCUT2D eigenvalue weighted by Crippen LogP contribution is 2.22. The molecule has 3 N–H and O–H groups in total. The normalized spacial score (nSPS) is 16.5. The number of amides is 1. The van der Waals surface area contributed by atoms with Crippen molar-refractivity contribution in [3.8, 4) is 0 Å². The molecule has 1 aliphatic rings. The molecule has 1 aromatic rings. The third kappa shape index (κ3) is 4.52. The van der Waals surface area contributed by atoms with Gasteiger partial charge >= 0.3 is 0 Å². The number of rotatable bonds is 7. The summed E-state index contributed by atoms with van der Waals surface area (Å²) in [6.45, 7) is 2.41. The molecule has 7 heteroatoms. The van der Waals surface area contributed by atoms with Crippen molar-refractivity contribution in [2.75, 3.05) is 18.9 Å². The average Bonchev–Trinajstić information content (AvgIpc) is 3.23. The summed E-state index contributed by atoms with van der Waals surface area (Å²) in [4.78, 5) is 12.1. The van der Waals surface area contributed by atoms with Crippen molar-refractivity contribution in [1.82, 2.24) is 10.0 Å². The molecule has 21 heavy (non-hydrogen) atoms. The third-order valence-corrected chi connectivity index (χ3v) is 4.83. The van der Waals surface area contributed by atoms with Crippen LogP contribution in [0.15, 0.2) is 29.2 Å². The Morgan fingerprint density at radius 2 is 1.90 bits per heavy atom. The minimum atomic E-state index is -3.44. The van der Waals surface area contributed by atoms with Crippen LogP contribution in [0.2, 0.25) is 0 Å². The molecule has 1 aromatic carbocycles. The van der Waals surface area contributed by atoms with Gasteiger partial charge in [-0.15, -0.1) is 0 Å². The molecule has 0 heterocycles. The number of hydrogen-bond acceptors (Lipinski definition) is 4. The zero-order valence-corrected chi connectivity index (χ0v) is 13.0. The molecule has 0 aliphatic heterocycles. The van der Waals surface area contributed by atoms with Crippen LogP contribution in [0, 0.1) is 5.92 Å². The fourth-order valence-electron chi connectivity index (χ4n) is 1.87. The van der Waals surface area contributed by atoms with Gasteiger partial charge < -0.3 is 10.6 Å². The minimum absolute atomic E-state index is 0.0803. The van der Waals surface area contributed by atoms with E-state index in [1.54, 1.807) is 19.2 Å². The number of carbonyl (C=O) groups is 1. The first-order chi connectivity index (χ1) is 9.92. The molecule has 116 valence electrons. The summed E-state index contributed by atoms with van der Waals surface area (Å²) in [7, 11) is -1.65. The van der Waals surface area contributed by atoms with Crippen LogP contribution in [-0.4, -0.2) is 34.0 Å². The van der Waals surface area contributed by atoms with Crippen molar-refractivity contribution in [2.24, 2.45) is 5.92 Å². The average molecular weight is 311 g/mol. The molecule has 1 saturated carbocycles. The van der Waals surface area contributed by atoms with Crippen LogP contribution in [0.1, 0.15) is 19.8 Å². The molecule has 0 saturated heterocycles. The maximum Gasteiger partial charge on any atom is 0.240 e. The smallest absolute Gasteiger partial charge is 0.240 e. The first kappa shape index (κ1) is 15.9. The molecule has 1 unspecified atom stereocenters. The van der Waals surface area contributed by atoms with Crippen molar-refractivity contribution < 1.29 is 13.2 Å². The van der Waals surface area contributed by atoms with Gasteiger partial charge in [-0.1, -0.05) is 6.92 Å². The Kier molecular flexibility index (Phi) is 4.97. The molecule has 0 spiro atoms. The Morgan fingerprint density at radius 1 is 1.29 bits per heavy atom. The highest BCUT2D eigenvalue weighted by Gasteiger charge is 2.27. The van der Waals surface area contributed by atoms with Crippen LogP contribution in [0.4, 0.5) is 5.69 Å². The van der Waals surface area contributed by atoms with E-state index in [1.807, 2.05) is 6.92 Å². The van der Waals surface area contributed by atoms with E-state index in [2.05, 4.69) is 15.4 Å². The SMILES string of the molecule is CNCC(C)C(=O)Nc1ccc(S(=O)(=O)NC2CC2)cc1. The molecule has 0 radical (unpaired) electrons. The van der Waals surface area contributed by atoms with Gasteiger partial charge in [-0.2, -0.15) is 0 Å². The zero-order chi connectivity index (χ0) is 15.5. The summed E-state index contributed by atoms with van der Waals surface area (Å²) in [6.07, 6.45) is 1.80. The van der Waals surface area contributed by atoms with Gasteiger partial charge in [-0.3, -0.25) is 4.79 Å². The Labute approximate surface area is 125 Å². The van der Waals surface area contributed by atoms with E-state index in [1.165, 1.54) is 12.1 Å². The quantitative estimate of drug-likeness (QED) is 0.699. The Balaban J connectivity index is 2.00. The van der Waals surface area contributed by atoms with Crippen LogP contribution in [-0.2, 0) is 14.8 Å². The Hall–Kier alpha value is -1.44. The fraction of sp³-hybridized carbons (Fsp3) is 0.500. The van der Waals surface area contributed by atoms with Gasteiger partial charge in [0.25, 0.3) is 0 Å². The molecular formula is C14H21N3O3S. The van der Waals surface area contributed by atoms with Gasteiger partial charge in [0.05, 0.1) is 4.90 Å². The van der Waals surface area contributed by atoms with E-state index in [0.29, 0.717) is 12.2 Å². The third-order valence-electron chi connectivity index (χ3n) is 3.29. The van der Waals surface area contributed by atoms with Gasteiger partial charge in [-0.25, -0.2) is 13.1 Å². The van der Waals surface area contributed by atoms with Crippen LogP contribution < -0.4 is 15.4 Å². The van der Waals surface area contributed by atoms with E-state index in [4.69, 9.17) is 0 Å². The second-order valence-electron chi connectivity index (χ2n) is 5.37. The van der Waals surface area contributed by atoms with Crippen molar-refractivity contribution in [3.05, 3.63) is 24.3 Å². The molecular weight excluding hydrogens is 290 g/mol. The van der Waals surface area contributed by atoms with E-state index in [9.17, 15) is 13.2 Å². The highest BCUT2D eigenvalue weighted by molar-refractivity contribution is 7.89. The van der Waals surface area contributed by atoms with E-state index < -0.39 is 10.0 Å². The van der Waals surface area contributed by atoms with Crippen LogP contribution in [0.25, 0.3) is 0 Å². The van der Waals surface area contributed by atoms with Crippen molar-refractivity contribution in [3.63, 3.8) is 0 Å². The summed E-state index contributed by atoms with van der Waals surface area (Å²) in [6, 6.07) is 6.29. The van der Waals surface area contributed by atoms with E-state index in [0.717, 1.165) is 12.8 Å². The number of nitrogens with one attached hydrogen (secondary N) is 3. The molecule has 1 amide bonds. The van der Waals surface area contributed by atoms with E-state index in [-0.39, 0.29) is 22.8 Å². The first-order valence-corrected chi connectivity index (χ1v) is 8.48. The largest absolute Gasteiger partial charge is 0.326 e. The van der Waals surface area contributed by atoms with Gasteiger partial charge in [-0.05, 0) is 44.2 Å². The number of benzene rings is 1. The maximum atomic E-state index is 12.0. The topological polar surface area (TPSA) is 87.3 Å². The maximum absolute atomic E-state index is 12.0. The van der Waals surface area contributed by atoms with Crippen LogP contribution in [0.5, 0.6) is 0 Å². The van der Waals surface area contributed by atoms with Crippen LogP contribution >= 0.6 is 0 Å². The fourth-order valence-corrected chi connectivity index (χ4v) is 3.18. The number of anilines is 1. The summed E-state index contributed by atoms with van der Waals surface area (Å²) in [5.74, 6) is -0.258. The lowest BCUT2D eigenvalue weighted by molar-refractivity contribution is -0.119. The summed E-state index contributed by atoms with van der Waals surface area (Å²) < 4.78 is 26.6. The Bertz CT molecular complexity index is 594. The molecule has 1 aliphatic carbocycles. The lowest BCUT2D eigenvalue weighted by Crippen LogP contribution is -2.28. The summed E-state index contributed by atoms with van der Waals surface area (Å²) in [5.41, 5.74) is 0.591. The van der Waals surface area contributed by atoms with Crippen LogP contribution in [0.3, 0.4) is 0 Å². The molecule has 6 nitrogen and oxygen atoms in total. The predicted molar refractivity (Wildman–Crippen MR) is 81.5 cm³/mol. The van der Waals surface area contributed by atoms with Gasteiger partial charge in [0.2, 0.25) is 15.9 Å². The standard InChI is InChI=1S/C14H21N3O3S/c1-10(9-15-2)14(18)16-11-5-7-13(8-6-11)21(19,20)17-12-3-4-12/h5-8,10,12,15,17H,3-4,9H2,1-2H3,(H,16,18). The summed E-state index contributed by atoms with van der Waals surface area (Å²) in [5, 5.41) is 5.70. The zero-order valence-electron chi connectivity index (χ0n) is 12.2. The second-order valence-corrected chi connectivity index (χ2v) is 7.08. The first-order valence-electron chi connectivity index (χ1n) is 7.00. The monoisotopic (exact) mass is 311 g/mol. The Morgan fingerprint density at radius 3 is 2.43 bits per heavy atom. The number of sulfonamides is 1. The van der Waals surface area contributed by atoms with E-state index >= 15 is 0 Å². The number of carbonyl (C=O) groups excluding carboxylic acids is 1. The predicted octanol–water partition coefficient (Wildman–Crippen LogP) is 0.921. The van der Waals surface area contributed by atoms with Crippen molar-refractivity contribution >= 4 is 21.6 Å². The summed E-state index contributed by atoms with van der Waals surface area (Å²) >= 11 is 0.